The monoisotopic (exact) mass is 126 g/mol. The minimum Gasteiger partial charge on any atom is -0.348 e. The van der Waals surface area contributed by atoms with Gasteiger partial charge in [0.05, 0.1) is 13.2 Å². The van der Waals surface area contributed by atoms with Crippen LogP contribution in [0, 0.1) is 5.92 Å². The lowest BCUT2D eigenvalue weighted by Crippen LogP contribution is -2.36. The van der Waals surface area contributed by atoms with Crippen LogP contribution in [-0.2, 0) is 9.47 Å². The van der Waals surface area contributed by atoms with E-state index in [-0.39, 0.29) is 6.29 Å². The molecule has 3 heterocycles. The van der Waals surface area contributed by atoms with Crippen molar-refractivity contribution in [3.8, 4) is 0 Å². The van der Waals surface area contributed by atoms with Crippen molar-refractivity contribution in [1.29, 1.82) is 0 Å². The summed E-state index contributed by atoms with van der Waals surface area (Å²) in [6, 6.07) is 0. The molecular formula is C7H10O2. The Morgan fingerprint density at radius 3 is 2.33 bits per heavy atom. The summed E-state index contributed by atoms with van der Waals surface area (Å²) in [4.78, 5) is 0. The van der Waals surface area contributed by atoms with Crippen LogP contribution in [0.25, 0.3) is 0 Å². The molecule has 0 amide bonds. The molecule has 3 aliphatic heterocycles. The molecule has 2 bridgehead atoms. The summed E-state index contributed by atoms with van der Waals surface area (Å²) in [7, 11) is 0. The summed E-state index contributed by atoms with van der Waals surface area (Å²) in [5.74, 6) is 0.523. The van der Waals surface area contributed by atoms with Crippen LogP contribution in [0.2, 0.25) is 0 Å². The molecule has 9 heavy (non-hydrogen) atoms. The van der Waals surface area contributed by atoms with Crippen molar-refractivity contribution in [2.45, 2.75) is 13.2 Å². The topological polar surface area (TPSA) is 18.5 Å². The van der Waals surface area contributed by atoms with E-state index in [0.717, 1.165) is 13.2 Å². The van der Waals surface area contributed by atoms with Gasteiger partial charge in [-0.1, -0.05) is 6.08 Å². The van der Waals surface area contributed by atoms with Gasteiger partial charge in [0, 0.05) is 5.92 Å². The van der Waals surface area contributed by atoms with Crippen LogP contribution in [0.3, 0.4) is 0 Å². The zero-order valence-corrected chi connectivity index (χ0v) is 5.46. The zero-order valence-electron chi connectivity index (χ0n) is 5.46. The molecule has 0 N–H and O–H groups in total. The van der Waals surface area contributed by atoms with Gasteiger partial charge >= 0.3 is 0 Å². The van der Waals surface area contributed by atoms with Gasteiger partial charge in [0.1, 0.15) is 0 Å². The number of ether oxygens (including phenoxy) is 2. The second-order valence-electron chi connectivity index (χ2n) is 2.67. The SMILES string of the molecule is CC1=CC2COC1OC2. The van der Waals surface area contributed by atoms with E-state index in [4.69, 9.17) is 9.47 Å². The van der Waals surface area contributed by atoms with Gasteiger partial charge in [-0.05, 0) is 12.5 Å². The summed E-state index contributed by atoms with van der Waals surface area (Å²) in [6.07, 6.45) is 2.23. The molecule has 0 radical (unpaired) electrons. The molecule has 3 rings (SSSR count). The molecule has 3 aliphatic rings. The molecule has 0 aromatic rings. The Hall–Kier alpha value is -0.340. The largest absolute Gasteiger partial charge is 0.348 e. The highest BCUT2D eigenvalue weighted by atomic mass is 16.7. The fourth-order valence-electron chi connectivity index (χ4n) is 1.33. The maximum absolute atomic E-state index is 5.30. The molecule has 0 spiro atoms. The van der Waals surface area contributed by atoms with Gasteiger partial charge in [-0.3, -0.25) is 0 Å². The highest BCUT2D eigenvalue weighted by molar-refractivity contribution is 5.10. The third-order valence-electron chi connectivity index (χ3n) is 1.79. The minimum atomic E-state index is -0.0185. The van der Waals surface area contributed by atoms with Gasteiger partial charge in [0.15, 0.2) is 6.29 Å². The molecule has 0 atom stereocenters. The van der Waals surface area contributed by atoms with Crippen LogP contribution in [0.5, 0.6) is 0 Å². The first-order valence-electron chi connectivity index (χ1n) is 3.28. The van der Waals surface area contributed by atoms with E-state index in [9.17, 15) is 0 Å². The maximum atomic E-state index is 5.30. The smallest absolute Gasteiger partial charge is 0.179 e. The summed E-state index contributed by atoms with van der Waals surface area (Å²) in [6.45, 7) is 3.75. The van der Waals surface area contributed by atoms with Crippen molar-refractivity contribution < 1.29 is 9.47 Å². The Morgan fingerprint density at radius 1 is 1.44 bits per heavy atom. The quantitative estimate of drug-likeness (QED) is 0.450. The second-order valence-corrected chi connectivity index (χ2v) is 2.67. The Bertz CT molecular complexity index is 143. The lowest BCUT2D eigenvalue weighted by Gasteiger charge is -2.34. The summed E-state index contributed by atoms with van der Waals surface area (Å²) in [5, 5.41) is 0. The average Bonchev–Trinajstić information content (AvgIpc) is 1.90. The molecule has 0 aromatic carbocycles. The molecule has 0 aromatic heterocycles. The predicted molar refractivity (Wildman–Crippen MR) is 32.9 cm³/mol. The van der Waals surface area contributed by atoms with Crippen LogP contribution < -0.4 is 0 Å². The van der Waals surface area contributed by atoms with Gasteiger partial charge in [-0.2, -0.15) is 0 Å². The first-order chi connectivity index (χ1) is 4.36. The number of hydrogen-bond donors (Lipinski definition) is 0. The zero-order chi connectivity index (χ0) is 6.27. The molecule has 0 aliphatic carbocycles. The van der Waals surface area contributed by atoms with E-state index in [0.29, 0.717) is 5.92 Å². The number of rotatable bonds is 0. The van der Waals surface area contributed by atoms with Crippen LogP contribution in [0.4, 0.5) is 0 Å². The maximum Gasteiger partial charge on any atom is 0.179 e. The molecular weight excluding hydrogens is 116 g/mol. The van der Waals surface area contributed by atoms with E-state index in [1.165, 1.54) is 5.57 Å². The molecule has 50 valence electrons. The fourth-order valence-corrected chi connectivity index (χ4v) is 1.33. The van der Waals surface area contributed by atoms with Crippen LogP contribution in [0.15, 0.2) is 11.6 Å². The van der Waals surface area contributed by atoms with Crippen molar-refractivity contribution in [3.63, 3.8) is 0 Å². The molecule has 2 heteroatoms. The molecule has 2 nitrogen and oxygen atoms in total. The molecule has 1 saturated heterocycles. The van der Waals surface area contributed by atoms with E-state index < -0.39 is 0 Å². The summed E-state index contributed by atoms with van der Waals surface area (Å²) < 4.78 is 10.6. The second kappa shape index (κ2) is 1.82. The fraction of sp³-hybridized carbons (Fsp3) is 0.714. The first-order valence-corrected chi connectivity index (χ1v) is 3.28. The van der Waals surface area contributed by atoms with Crippen LogP contribution in [-0.4, -0.2) is 19.5 Å². The van der Waals surface area contributed by atoms with Gasteiger partial charge in [0.2, 0.25) is 0 Å². The molecule has 0 unspecified atom stereocenters. The molecule has 1 fully saturated rings. The van der Waals surface area contributed by atoms with Crippen LogP contribution in [0.1, 0.15) is 6.92 Å². The van der Waals surface area contributed by atoms with E-state index in [2.05, 4.69) is 13.0 Å². The lowest BCUT2D eigenvalue weighted by atomic mass is 10.0. The lowest BCUT2D eigenvalue weighted by molar-refractivity contribution is -0.183. The first kappa shape index (κ1) is 5.45. The number of fused-ring (bicyclic) bond motifs is 2. The molecule has 0 saturated carbocycles. The van der Waals surface area contributed by atoms with Crippen LogP contribution >= 0.6 is 0 Å². The Labute approximate surface area is 54.5 Å². The standard InChI is InChI=1S/C7H10O2/c1-5-2-6-3-8-7(5)9-4-6/h2,6-7H,3-4H2,1H3. The number of hydrogen-bond acceptors (Lipinski definition) is 2. The predicted octanol–water partition coefficient (Wildman–Crippen LogP) is 0.935. The van der Waals surface area contributed by atoms with Gasteiger partial charge in [0.25, 0.3) is 0 Å². The summed E-state index contributed by atoms with van der Waals surface area (Å²) >= 11 is 0. The highest BCUT2D eigenvalue weighted by Gasteiger charge is 2.27. The average molecular weight is 126 g/mol. The van der Waals surface area contributed by atoms with Crippen molar-refractivity contribution in [3.05, 3.63) is 11.6 Å². The Morgan fingerprint density at radius 2 is 2.11 bits per heavy atom. The van der Waals surface area contributed by atoms with Crippen molar-refractivity contribution >= 4 is 0 Å². The highest BCUT2D eigenvalue weighted by Crippen LogP contribution is 2.25. The third kappa shape index (κ3) is 0.787. The van der Waals surface area contributed by atoms with E-state index in [1.54, 1.807) is 0 Å². The minimum absolute atomic E-state index is 0.0185. The summed E-state index contributed by atoms with van der Waals surface area (Å²) in [5.41, 5.74) is 1.23. The normalized spacial score (nSPS) is 40.8. The van der Waals surface area contributed by atoms with E-state index in [1.807, 2.05) is 0 Å². The van der Waals surface area contributed by atoms with Crippen molar-refractivity contribution in [2.75, 3.05) is 13.2 Å². The Balaban J connectivity index is 2.25. The van der Waals surface area contributed by atoms with E-state index >= 15 is 0 Å². The Kier molecular flexibility index (Phi) is 1.10. The van der Waals surface area contributed by atoms with Crippen molar-refractivity contribution in [2.24, 2.45) is 5.92 Å². The van der Waals surface area contributed by atoms with Crippen molar-refractivity contribution in [1.82, 2.24) is 0 Å². The van der Waals surface area contributed by atoms with Gasteiger partial charge < -0.3 is 9.47 Å². The van der Waals surface area contributed by atoms with Gasteiger partial charge in [-0.15, -0.1) is 0 Å². The van der Waals surface area contributed by atoms with Gasteiger partial charge in [-0.25, -0.2) is 0 Å². The third-order valence-corrected chi connectivity index (χ3v) is 1.79.